The van der Waals surface area contributed by atoms with Crippen molar-refractivity contribution in [2.75, 3.05) is 0 Å². The summed E-state index contributed by atoms with van der Waals surface area (Å²) in [6.45, 7) is 8.29. The zero-order valence-corrected chi connectivity index (χ0v) is 13.8. The van der Waals surface area contributed by atoms with Gasteiger partial charge in [-0.3, -0.25) is 5.10 Å². The summed E-state index contributed by atoms with van der Waals surface area (Å²) in [4.78, 5) is 0. The van der Waals surface area contributed by atoms with E-state index < -0.39 is 0 Å². The van der Waals surface area contributed by atoms with Crippen LogP contribution in [0.15, 0.2) is 60.3 Å². The highest BCUT2D eigenvalue weighted by atomic mass is 15.1. The quantitative estimate of drug-likeness (QED) is 0.876. The molecule has 1 atom stereocenters. The van der Waals surface area contributed by atoms with Gasteiger partial charge in [0.2, 0.25) is 0 Å². The molecule has 23 heavy (non-hydrogen) atoms. The van der Waals surface area contributed by atoms with Crippen molar-refractivity contribution in [2.45, 2.75) is 26.7 Å². The van der Waals surface area contributed by atoms with Crippen molar-refractivity contribution in [1.29, 1.82) is 0 Å². The Hall–Kier alpha value is -2.55. The molecule has 1 aromatic heterocycles. The monoisotopic (exact) mass is 305 g/mol. The van der Waals surface area contributed by atoms with E-state index in [1.54, 1.807) is 0 Å². The molecule has 0 bridgehead atoms. The Balaban J connectivity index is 2.07. The van der Waals surface area contributed by atoms with Gasteiger partial charge in [0, 0.05) is 16.8 Å². The topological polar surface area (TPSA) is 54.7 Å². The predicted octanol–water partition coefficient (Wildman–Crippen LogP) is 4.46. The molecule has 3 nitrogen and oxygen atoms in total. The van der Waals surface area contributed by atoms with Gasteiger partial charge in [-0.05, 0) is 36.0 Å². The Morgan fingerprint density at radius 1 is 1.39 bits per heavy atom. The Morgan fingerprint density at radius 2 is 2.17 bits per heavy atom. The van der Waals surface area contributed by atoms with Gasteiger partial charge in [-0.15, -0.1) is 0 Å². The van der Waals surface area contributed by atoms with E-state index in [1.165, 1.54) is 11.1 Å². The van der Waals surface area contributed by atoms with E-state index in [4.69, 9.17) is 5.73 Å². The molecule has 0 amide bonds. The van der Waals surface area contributed by atoms with E-state index in [0.29, 0.717) is 11.6 Å². The molecule has 1 unspecified atom stereocenters. The van der Waals surface area contributed by atoms with Gasteiger partial charge in [0.05, 0.1) is 11.4 Å². The highest BCUT2D eigenvalue weighted by Crippen LogP contribution is 2.34. The van der Waals surface area contributed by atoms with Crippen molar-refractivity contribution in [2.24, 2.45) is 11.7 Å². The molecular formula is C20H23N3. The Kier molecular flexibility index (Phi) is 4.20. The minimum atomic E-state index is 0.371. The number of aromatic nitrogens is 2. The highest BCUT2D eigenvalue weighted by Gasteiger charge is 2.20. The van der Waals surface area contributed by atoms with Gasteiger partial charge in [0.1, 0.15) is 0 Å². The van der Waals surface area contributed by atoms with Gasteiger partial charge in [0.25, 0.3) is 0 Å². The first-order valence-corrected chi connectivity index (χ1v) is 8.11. The molecule has 1 aliphatic rings. The summed E-state index contributed by atoms with van der Waals surface area (Å²) >= 11 is 0. The molecule has 0 fully saturated rings. The van der Waals surface area contributed by atoms with Gasteiger partial charge in [-0.25, -0.2) is 0 Å². The molecule has 118 valence electrons. The minimum absolute atomic E-state index is 0.371. The normalized spacial score (nSPS) is 17.6. The number of hydrogen-bond donors (Lipinski definition) is 2. The number of H-pyrrole nitrogens is 1. The van der Waals surface area contributed by atoms with E-state index in [-0.39, 0.29) is 0 Å². The number of aromatic amines is 1. The summed E-state index contributed by atoms with van der Waals surface area (Å²) in [5, 5.41) is 7.71. The molecule has 0 aliphatic heterocycles. The van der Waals surface area contributed by atoms with Crippen LogP contribution in [0, 0.1) is 5.92 Å². The van der Waals surface area contributed by atoms with Crippen LogP contribution < -0.4 is 5.73 Å². The fraction of sp³-hybridized carbons (Fsp3) is 0.250. The van der Waals surface area contributed by atoms with E-state index in [9.17, 15) is 0 Å². The van der Waals surface area contributed by atoms with Crippen LogP contribution in [0.2, 0.25) is 0 Å². The fourth-order valence-electron chi connectivity index (χ4n) is 3.26. The van der Waals surface area contributed by atoms with Gasteiger partial charge in [0.15, 0.2) is 0 Å². The van der Waals surface area contributed by atoms with Gasteiger partial charge in [-0.2, -0.15) is 5.10 Å². The first-order valence-electron chi connectivity index (χ1n) is 8.11. The zero-order chi connectivity index (χ0) is 16.4. The molecule has 3 N–H and O–H groups in total. The van der Waals surface area contributed by atoms with E-state index >= 15 is 0 Å². The first-order chi connectivity index (χ1) is 11.1. The van der Waals surface area contributed by atoms with Gasteiger partial charge >= 0.3 is 0 Å². The van der Waals surface area contributed by atoms with Crippen molar-refractivity contribution >= 4 is 5.57 Å². The third-order valence-corrected chi connectivity index (χ3v) is 4.45. The number of nitrogens with one attached hydrogen (secondary N) is 1. The lowest BCUT2D eigenvalue weighted by molar-refractivity contribution is 0.695. The van der Waals surface area contributed by atoms with Crippen LogP contribution in [-0.4, -0.2) is 10.2 Å². The minimum Gasteiger partial charge on any atom is -0.399 e. The third kappa shape index (κ3) is 2.87. The number of allylic oxidation sites excluding steroid dienone is 4. The molecule has 1 aliphatic carbocycles. The van der Waals surface area contributed by atoms with Crippen LogP contribution in [0.25, 0.3) is 16.8 Å². The molecule has 0 saturated heterocycles. The van der Waals surface area contributed by atoms with Crippen LogP contribution in [0.4, 0.5) is 0 Å². The molecule has 3 heteroatoms. The van der Waals surface area contributed by atoms with Crippen LogP contribution in [0.1, 0.15) is 31.5 Å². The van der Waals surface area contributed by atoms with Crippen molar-refractivity contribution in [3.63, 3.8) is 0 Å². The van der Waals surface area contributed by atoms with Gasteiger partial charge in [-0.1, -0.05) is 56.8 Å². The summed E-state index contributed by atoms with van der Waals surface area (Å²) in [7, 11) is 0. The third-order valence-electron chi connectivity index (χ3n) is 4.45. The second kappa shape index (κ2) is 6.29. The standard InChI is InChI=1S/C20H23N3/c1-4-15-9-5-6-10-16(15)18-12-19(23-22-18)17-11-7-8-13(2)20(17)14(3)21/h5-7,9-13H,3-4,8,21H2,1-2H3,(H,22,23). The lowest BCUT2D eigenvalue weighted by Crippen LogP contribution is -2.12. The summed E-state index contributed by atoms with van der Waals surface area (Å²) in [6.07, 6.45) is 6.28. The lowest BCUT2D eigenvalue weighted by atomic mass is 9.85. The summed E-state index contributed by atoms with van der Waals surface area (Å²) in [5.74, 6) is 0.371. The Morgan fingerprint density at radius 3 is 2.91 bits per heavy atom. The molecule has 0 spiro atoms. The molecule has 0 saturated carbocycles. The molecule has 1 heterocycles. The number of hydrogen-bond acceptors (Lipinski definition) is 2. The maximum atomic E-state index is 6.02. The van der Waals surface area contributed by atoms with E-state index in [0.717, 1.165) is 35.4 Å². The SMILES string of the molecule is C=C(N)C1=C(c2cc(-c3ccccc3CC)[nH]n2)C=CCC1C. The lowest BCUT2D eigenvalue weighted by Gasteiger charge is -2.21. The molecular weight excluding hydrogens is 282 g/mol. The smallest absolute Gasteiger partial charge is 0.0930 e. The van der Waals surface area contributed by atoms with E-state index in [1.807, 2.05) is 0 Å². The van der Waals surface area contributed by atoms with Crippen LogP contribution >= 0.6 is 0 Å². The fourth-order valence-corrected chi connectivity index (χ4v) is 3.26. The van der Waals surface area contributed by atoms with Gasteiger partial charge < -0.3 is 5.73 Å². The van der Waals surface area contributed by atoms with E-state index in [2.05, 4.69) is 73.1 Å². The Bertz CT molecular complexity index is 793. The van der Waals surface area contributed by atoms with Crippen LogP contribution in [-0.2, 0) is 6.42 Å². The van der Waals surface area contributed by atoms with Crippen molar-refractivity contribution in [3.05, 3.63) is 71.6 Å². The summed E-state index contributed by atoms with van der Waals surface area (Å²) in [6, 6.07) is 10.5. The average Bonchev–Trinajstić information content (AvgIpc) is 3.03. The van der Waals surface area contributed by atoms with Crippen molar-refractivity contribution in [1.82, 2.24) is 10.2 Å². The van der Waals surface area contributed by atoms with Crippen LogP contribution in [0.5, 0.6) is 0 Å². The number of rotatable bonds is 4. The molecule has 1 aromatic carbocycles. The number of aryl methyl sites for hydroxylation is 1. The zero-order valence-electron chi connectivity index (χ0n) is 13.8. The highest BCUT2D eigenvalue weighted by molar-refractivity contribution is 5.81. The maximum Gasteiger partial charge on any atom is 0.0930 e. The maximum absolute atomic E-state index is 6.02. The summed E-state index contributed by atoms with van der Waals surface area (Å²) < 4.78 is 0. The number of nitrogens with two attached hydrogens (primary N) is 1. The second-order valence-electron chi connectivity index (χ2n) is 6.07. The molecule has 3 rings (SSSR count). The first kappa shape index (κ1) is 15.3. The average molecular weight is 305 g/mol. The summed E-state index contributed by atoms with van der Waals surface area (Å²) in [5.41, 5.74) is 13.3. The largest absolute Gasteiger partial charge is 0.399 e. The van der Waals surface area contributed by atoms with Crippen molar-refractivity contribution < 1.29 is 0 Å². The molecule has 0 radical (unpaired) electrons. The number of benzene rings is 1. The number of nitrogens with zero attached hydrogens (tertiary/aromatic N) is 1. The van der Waals surface area contributed by atoms with Crippen LogP contribution in [0.3, 0.4) is 0 Å². The second-order valence-corrected chi connectivity index (χ2v) is 6.07. The predicted molar refractivity (Wildman–Crippen MR) is 96.6 cm³/mol. The Labute approximate surface area is 137 Å². The van der Waals surface area contributed by atoms with Crippen molar-refractivity contribution in [3.8, 4) is 11.3 Å². The molecule has 2 aromatic rings.